The maximum Gasteiger partial charge on any atom is 0.293 e. The molecule has 0 saturated heterocycles. The molecule has 0 aliphatic rings. The van der Waals surface area contributed by atoms with Crippen LogP contribution in [0.4, 0.5) is 0 Å². The lowest BCUT2D eigenvalue weighted by Crippen LogP contribution is -2.39. The highest BCUT2D eigenvalue weighted by Crippen LogP contribution is 2.25. The first-order valence-corrected chi connectivity index (χ1v) is 3.61. The van der Waals surface area contributed by atoms with Crippen molar-refractivity contribution in [3.63, 3.8) is 0 Å². The van der Waals surface area contributed by atoms with Gasteiger partial charge in [-0.1, -0.05) is 0 Å². The van der Waals surface area contributed by atoms with Crippen molar-refractivity contribution in [2.75, 3.05) is 0 Å². The summed E-state index contributed by atoms with van der Waals surface area (Å²) in [5, 5.41) is 16.3. The molecule has 0 unspecified atom stereocenters. The molecular formula is C4H12B4O3. The van der Waals surface area contributed by atoms with Crippen LogP contribution in [0.5, 0.6) is 0 Å². The molecule has 0 fully saturated rings. The monoisotopic (exact) mass is 152 g/mol. The summed E-state index contributed by atoms with van der Waals surface area (Å²) < 4.78 is 0. The molecule has 2 N–H and O–H groups in total. The number of hydrogen-bond acceptors (Lipinski definition) is 2. The van der Waals surface area contributed by atoms with Gasteiger partial charge in [0, 0.05) is 10.6 Å². The van der Waals surface area contributed by atoms with Gasteiger partial charge >= 0.3 is 0 Å². The molecule has 0 aliphatic heterocycles. The summed E-state index contributed by atoms with van der Waals surface area (Å²) in [6, 6.07) is 0. The lowest BCUT2D eigenvalue weighted by atomic mass is 9.45. The quantitative estimate of drug-likeness (QED) is 0.402. The van der Waals surface area contributed by atoms with E-state index in [9.17, 15) is 9.90 Å². The van der Waals surface area contributed by atoms with E-state index in [2.05, 4.69) is 0 Å². The SMILES string of the molecule is BC(B)(O)CC(B)(B)C(=O)O. The fraction of sp³-hybridized carbons (Fsp3) is 0.750. The Labute approximate surface area is 70.2 Å². The van der Waals surface area contributed by atoms with Crippen LogP contribution in [0.1, 0.15) is 6.42 Å². The predicted octanol–water partition coefficient (Wildman–Crippen LogP) is -4.24. The molecule has 0 rings (SSSR count). The van der Waals surface area contributed by atoms with Gasteiger partial charge in [-0.25, -0.2) is 0 Å². The summed E-state index contributed by atoms with van der Waals surface area (Å²) in [6.45, 7) is 0. The highest BCUT2D eigenvalue weighted by molar-refractivity contribution is 6.51. The maximum atomic E-state index is 10.6. The Hall–Kier alpha value is -0.310. The minimum absolute atomic E-state index is 0.259. The summed E-state index contributed by atoms with van der Waals surface area (Å²) >= 11 is 0. The maximum absolute atomic E-state index is 10.6. The average Bonchev–Trinajstić information content (AvgIpc) is 1.56. The van der Waals surface area contributed by atoms with E-state index in [4.69, 9.17) is 5.11 Å². The van der Waals surface area contributed by atoms with E-state index in [0.29, 0.717) is 0 Å². The van der Waals surface area contributed by atoms with Gasteiger partial charge in [0.1, 0.15) is 31.4 Å². The molecular weight excluding hydrogens is 139 g/mol. The zero-order chi connectivity index (χ0) is 9.28. The van der Waals surface area contributed by atoms with Crippen molar-refractivity contribution < 1.29 is 15.0 Å². The lowest BCUT2D eigenvalue weighted by molar-refractivity contribution is -0.138. The fourth-order valence-corrected chi connectivity index (χ4v) is 1.16. The van der Waals surface area contributed by atoms with Gasteiger partial charge < -0.3 is 10.2 Å². The predicted molar refractivity (Wildman–Crippen MR) is 54.1 cm³/mol. The van der Waals surface area contributed by atoms with Crippen LogP contribution >= 0.6 is 0 Å². The van der Waals surface area contributed by atoms with Crippen molar-refractivity contribution >= 4 is 37.4 Å². The Bertz CT molecular complexity index is 161. The second kappa shape index (κ2) is 2.97. The zero-order valence-corrected chi connectivity index (χ0v) is 7.51. The van der Waals surface area contributed by atoms with Crippen molar-refractivity contribution in [3.05, 3.63) is 0 Å². The molecule has 3 nitrogen and oxygen atoms in total. The first-order valence-electron chi connectivity index (χ1n) is 3.61. The van der Waals surface area contributed by atoms with Gasteiger partial charge in [0.2, 0.25) is 0 Å². The van der Waals surface area contributed by atoms with E-state index in [0.717, 1.165) is 0 Å². The molecule has 0 aromatic carbocycles. The van der Waals surface area contributed by atoms with Crippen LogP contribution in [-0.4, -0.2) is 53.0 Å². The largest absolute Gasteiger partial charge is 0.482 e. The van der Waals surface area contributed by atoms with E-state index in [-0.39, 0.29) is 6.42 Å². The molecule has 0 amide bonds. The third-order valence-corrected chi connectivity index (χ3v) is 1.45. The normalized spacial score (nSPS) is 12.8. The standard InChI is InChI=1S/C4H12B4O3/c5-3(6,2(9)10)1-4(7,8)11/h11H,1,5-8H2,(H,9,10). The molecule has 0 saturated carbocycles. The number of carboxylic acid groups (broad SMARTS) is 1. The summed E-state index contributed by atoms with van der Waals surface area (Å²) in [4.78, 5) is 10.6. The number of carboxylic acids is 1. The van der Waals surface area contributed by atoms with Crippen LogP contribution in [0.2, 0.25) is 5.21 Å². The van der Waals surface area contributed by atoms with Crippen LogP contribution in [0.25, 0.3) is 0 Å². The van der Waals surface area contributed by atoms with Crippen LogP contribution < -0.4 is 0 Å². The summed E-state index contributed by atoms with van der Waals surface area (Å²) in [7, 11) is 6.43. The van der Waals surface area contributed by atoms with E-state index >= 15 is 0 Å². The molecule has 0 aromatic rings. The molecule has 0 spiro atoms. The minimum atomic E-state index is -0.915. The smallest absolute Gasteiger partial charge is 0.293 e. The summed E-state index contributed by atoms with van der Waals surface area (Å²) in [5.74, 6) is -0.875. The van der Waals surface area contributed by atoms with Gasteiger partial charge in [0.25, 0.3) is 5.97 Å². The van der Waals surface area contributed by atoms with E-state index in [1.54, 1.807) is 31.4 Å². The fourth-order valence-electron chi connectivity index (χ4n) is 1.16. The van der Waals surface area contributed by atoms with Gasteiger partial charge in [-0.05, 0) is 6.42 Å². The Morgan fingerprint density at radius 1 is 1.27 bits per heavy atom. The van der Waals surface area contributed by atoms with Crippen molar-refractivity contribution in [2.24, 2.45) is 0 Å². The van der Waals surface area contributed by atoms with Gasteiger partial charge in [-0.15, -0.1) is 0 Å². The minimum Gasteiger partial charge on any atom is -0.482 e. The second-order valence-corrected chi connectivity index (χ2v) is 4.18. The Balaban J connectivity index is 4.25. The van der Waals surface area contributed by atoms with Crippen LogP contribution in [0.15, 0.2) is 0 Å². The Morgan fingerprint density at radius 2 is 1.64 bits per heavy atom. The van der Waals surface area contributed by atoms with Crippen molar-refractivity contribution in [1.82, 2.24) is 0 Å². The topological polar surface area (TPSA) is 57.5 Å². The molecule has 0 aliphatic carbocycles. The third kappa shape index (κ3) is 4.19. The number of hydrogen-bond donors (Lipinski definition) is 2. The number of aliphatic carboxylic acids is 1. The van der Waals surface area contributed by atoms with Gasteiger partial charge in [0.15, 0.2) is 0 Å². The second-order valence-electron chi connectivity index (χ2n) is 4.18. The highest BCUT2D eigenvalue weighted by atomic mass is 16.4. The lowest BCUT2D eigenvalue weighted by Gasteiger charge is -2.27. The average molecular weight is 151 g/mol. The van der Waals surface area contributed by atoms with Crippen molar-refractivity contribution in [1.29, 1.82) is 0 Å². The molecule has 11 heavy (non-hydrogen) atoms. The molecule has 0 bridgehead atoms. The first-order chi connectivity index (χ1) is 4.65. The van der Waals surface area contributed by atoms with Crippen molar-refractivity contribution in [2.45, 2.75) is 17.0 Å². The molecule has 58 valence electrons. The van der Waals surface area contributed by atoms with Crippen molar-refractivity contribution in [3.8, 4) is 0 Å². The molecule has 7 heteroatoms. The molecule has 0 heterocycles. The molecule has 0 radical (unpaired) electrons. The van der Waals surface area contributed by atoms with Crippen LogP contribution in [-0.2, 0) is 4.79 Å². The molecule has 0 aromatic heterocycles. The van der Waals surface area contributed by atoms with Gasteiger partial charge in [-0.2, -0.15) is 0 Å². The van der Waals surface area contributed by atoms with Crippen LogP contribution in [0.3, 0.4) is 0 Å². The Kier molecular flexibility index (Phi) is 2.89. The number of aliphatic hydroxyl groups is 1. The summed E-state index contributed by atoms with van der Waals surface area (Å²) in [5.41, 5.74) is 0. The van der Waals surface area contributed by atoms with Gasteiger partial charge in [-0.3, -0.25) is 4.79 Å². The number of carbonyl (C=O) groups is 1. The molecule has 0 atom stereocenters. The zero-order valence-electron chi connectivity index (χ0n) is 7.51. The first kappa shape index (κ1) is 10.7. The highest BCUT2D eigenvalue weighted by Gasteiger charge is 2.32. The van der Waals surface area contributed by atoms with Gasteiger partial charge in [0.05, 0.1) is 0 Å². The van der Waals surface area contributed by atoms with Crippen LogP contribution in [0, 0.1) is 0 Å². The van der Waals surface area contributed by atoms with E-state index < -0.39 is 16.6 Å². The third-order valence-electron chi connectivity index (χ3n) is 1.45. The number of rotatable bonds is 3. The van der Waals surface area contributed by atoms with E-state index in [1.165, 1.54) is 0 Å². The summed E-state index contributed by atoms with van der Waals surface area (Å²) in [6.07, 6.45) is 0.259. The van der Waals surface area contributed by atoms with E-state index in [1.807, 2.05) is 0 Å². The Morgan fingerprint density at radius 3 is 1.73 bits per heavy atom.